The normalized spacial score (nSPS) is 11.4. The summed E-state index contributed by atoms with van der Waals surface area (Å²) in [5.74, 6) is -1.20. The number of rotatable bonds is 6. The fourth-order valence-electron chi connectivity index (χ4n) is 2.21. The van der Waals surface area contributed by atoms with Crippen molar-refractivity contribution < 1.29 is 20.1 Å². The van der Waals surface area contributed by atoms with Crippen molar-refractivity contribution in [1.29, 1.82) is 0 Å². The average molecular weight is 298 g/mol. The number of carboxylic acids is 1. The first-order valence-electron chi connectivity index (χ1n) is 7.06. The third-order valence-corrected chi connectivity index (χ3v) is 3.37. The summed E-state index contributed by atoms with van der Waals surface area (Å²) in [6, 6.07) is 14.0. The van der Waals surface area contributed by atoms with E-state index in [1.54, 1.807) is 0 Å². The molecule has 0 saturated heterocycles. The first kappa shape index (κ1) is 15.6. The van der Waals surface area contributed by atoms with E-state index in [4.69, 9.17) is 0 Å². The Balaban J connectivity index is 2.06. The number of phenols is 2. The van der Waals surface area contributed by atoms with E-state index in [1.165, 1.54) is 29.8 Å². The minimum absolute atomic E-state index is 0.0596. The van der Waals surface area contributed by atoms with Crippen molar-refractivity contribution in [2.45, 2.75) is 19.3 Å². The summed E-state index contributed by atoms with van der Waals surface area (Å²) in [4.78, 5) is 11.3. The first-order valence-corrected chi connectivity index (χ1v) is 7.06. The number of aromatic hydroxyl groups is 2. The summed E-state index contributed by atoms with van der Waals surface area (Å²) in [7, 11) is 0. The van der Waals surface area contributed by atoms with Crippen LogP contribution < -0.4 is 0 Å². The van der Waals surface area contributed by atoms with Gasteiger partial charge in [0.1, 0.15) is 11.5 Å². The summed E-state index contributed by atoms with van der Waals surface area (Å²) < 4.78 is 0. The molecule has 0 bridgehead atoms. The number of aryl methyl sites for hydroxylation is 1. The number of benzene rings is 2. The molecule has 0 aliphatic heterocycles. The van der Waals surface area contributed by atoms with E-state index in [9.17, 15) is 20.1 Å². The minimum atomic E-state index is -1.000. The molecular weight excluding hydrogens is 280 g/mol. The zero-order valence-electron chi connectivity index (χ0n) is 12.1. The number of aliphatic carboxylic acids is 1. The van der Waals surface area contributed by atoms with E-state index in [0.717, 1.165) is 6.42 Å². The van der Waals surface area contributed by atoms with Crippen molar-refractivity contribution in [3.8, 4) is 11.5 Å². The van der Waals surface area contributed by atoms with Crippen LogP contribution in [0.4, 0.5) is 0 Å². The summed E-state index contributed by atoms with van der Waals surface area (Å²) in [6.45, 7) is 0. The molecule has 4 nitrogen and oxygen atoms in total. The second-order valence-electron chi connectivity index (χ2n) is 5.06. The SMILES string of the molecule is O=C(O)/C(=C/c1ccc(O)cc1O)CCCc1ccccc1. The van der Waals surface area contributed by atoms with E-state index >= 15 is 0 Å². The van der Waals surface area contributed by atoms with Crippen LogP contribution in [0.2, 0.25) is 0 Å². The zero-order valence-corrected chi connectivity index (χ0v) is 12.1. The van der Waals surface area contributed by atoms with Crippen LogP contribution in [0.15, 0.2) is 54.1 Å². The molecule has 0 spiro atoms. The molecular formula is C18H18O4. The van der Waals surface area contributed by atoms with Crippen molar-refractivity contribution in [3.63, 3.8) is 0 Å². The summed E-state index contributed by atoms with van der Waals surface area (Å²) in [5.41, 5.74) is 1.78. The van der Waals surface area contributed by atoms with Crippen molar-refractivity contribution in [2.24, 2.45) is 0 Å². The van der Waals surface area contributed by atoms with Gasteiger partial charge in [0, 0.05) is 17.2 Å². The van der Waals surface area contributed by atoms with Gasteiger partial charge in [-0.05, 0) is 43.0 Å². The van der Waals surface area contributed by atoms with Gasteiger partial charge in [0.05, 0.1) is 0 Å². The number of hydrogen-bond acceptors (Lipinski definition) is 3. The number of carbonyl (C=O) groups is 1. The fourth-order valence-corrected chi connectivity index (χ4v) is 2.21. The van der Waals surface area contributed by atoms with Crippen LogP contribution >= 0.6 is 0 Å². The molecule has 2 rings (SSSR count). The zero-order chi connectivity index (χ0) is 15.9. The maximum atomic E-state index is 11.3. The number of carboxylic acid groups (broad SMARTS) is 1. The Bertz CT molecular complexity index is 675. The van der Waals surface area contributed by atoms with Gasteiger partial charge in [-0.15, -0.1) is 0 Å². The quantitative estimate of drug-likeness (QED) is 0.712. The lowest BCUT2D eigenvalue weighted by molar-refractivity contribution is -0.132. The lowest BCUT2D eigenvalue weighted by Crippen LogP contribution is -2.01. The van der Waals surface area contributed by atoms with Gasteiger partial charge in [-0.3, -0.25) is 0 Å². The van der Waals surface area contributed by atoms with Crippen molar-refractivity contribution >= 4 is 12.0 Å². The molecule has 0 aromatic heterocycles. The Morgan fingerprint density at radius 2 is 1.77 bits per heavy atom. The lowest BCUT2D eigenvalue weighted by atomic mass is 10.0. The molecule has 0 unspecified atom stereocenters. The summed E-state index contributed by atoms with van der Waals surface area (Å²) in [6.07, 6.45) is 3.36. The van der Waals surface area contributed by atoms with Crippen molar-refractivity contribution in [1.82, 2.24) is 0 Å². The number of hydrogen-bond donors (Lipinski definition) is 3. The van der Waals surface area contributed by atoms with E-state index in [2.05, 4.69) is 0 Å². The van der Waals surface area contributed by atoms with Crippen molar-refractivity contribution in [2.75, 3.05) is 0 Å². The fraction of sp³-hybridized carbons (Fsp3) is 0.167. The van der Waals surface area contributed by atoms with Gasteiger partial charge < -0.3 is 15.3 Å². The highest BCUT2D eigenvalue weighted by Crippen LogP contribution is 2.25. The molecule has 0 aliphatic rings. The molecule has 2 aromatic rings. The predicted molar refractivity (Wildman–Crippen MR) is 84.8 cm³/mol. The standard InChI is InChI=1S/C18H18O4/c19-16-10-9-14(17(20)12-16)11-15(18(21)22)8-4-7-13-5-2-1-3-6-13/h1-3,5-6,9-12,19-20H,4,7-8H2,(H,21,22)/b15-11+. The molecule has 0 aliphatic carbocycles. The monoisotopic (exact) mass is 298 g/mol. The highest BCUT2D eigenvalue weighted by atomic mass is 16.4. The second-order valence-corrected chi connectivity index (χ2v) is 5.06. The number of phenolic OH excluding ortho intramolecular Hbond substituents is 2. The van der Waals surface area contributed by atoms with E-state index in [1.807, 2.05) is 30.3 Å². The Morgan fingerprint density at radius 1 is 1.05 bits per heavy atom. The lowest BCUT2D eigenvalue weighted by Gasteiger charge is -2.05. The third kappa shape index (κ3) is 4.38. The highest BCUT2D eigenvalue weighted by Gasteiger charge is 2.09. The van der Waals surface area contributed by atoms with Crippen molar-refractivity contribution in [3.05, 3.63) is 65.2 Å². The van der Waals surface area contributed by atoms with Gasteiger partial charge in [-0.25, -0.2) is 4.79 Å². The summed E-state index contributed by atoms with van der Waals surface area (Å²) in [5, 5.41) is 28.3. The van der Waals surface area contributed by atoms with Gasteiger partial charge in [-0.1, -0.05) is 30.3 Å². The minimum Gasteiger partial charge on any atom is -0.508 e. The topological polar surface area (TPSA) is 77.8 Å². The van der Waals surface area contributed by atoms with E-state index in [-0.39, 0.29) is 17.1 Å². The Hall–Kier alpha value is -2.75. The van der Waals surface area contributed by atoms with Crippen LogP contribution in [0, 0.1) is 0 Å². The molecule has 0 fully saturated rings. The first-order chi connectivity index (χ1) is 10.6. The van der Waals surface area contributed by atoms with Crippen LogP contribution in [0.25, 0.3) is 6.08 Å². The summed E-state index contributed by atoms with van der Waals surface area (Å²) >= 11 is 0. The molecule has 2 aromatic carbocycles. The van der Waals surface area contributed by atoms with Crippen LogP contribution in [-0.2, 0) is 11.2 Å². The molecule has 0 radical (unpaired) electrons. The van der Waals surface area contributed by atoms with Gasteiger partial charge in [0.25, 0.3) is 0 Å². The highest BCUT2D eigenvalue weighted by molar-refractivity contribution is 5.92. The van der Waals surface area contributed by atoms with Gasteiger partial charge in [-0.2, -0.15) is 0 Å². The molecule has 4 heteroatoms. The molecule has 0 atom stereocenters. The maximum absolute atomic E-state index is 11.3. The van der Waals surface area contributed by atoms with Crippen LogP contribution in [0.1, 0.15) is 24.0 Å². The molecule has 0 amide bonds. The third-order valence-electron chi connectivity index (χ3n) is 3.37. The maximum Gasteiger partial charge on any atom is 0.331 e. The Kier molecular flexibility index (Phi) is 5.20. The van der Waals surface area contributed by atoms with Gasteiger partial charge >= 0.3 is 5.97 Å². The molecule has 0 saturated carbocycles. The van der Waals surface area contributed by atoms with Crippen LogP contribution in [0.3, 0.4) is 0 Å². The molecule has 22 heavy (non-hydrogen) atoms. The van der Waals surface area contributed by atoms with Gasteiger partial charge in [0.2, 0.25) is 0 Å². The Labute approximate surface area is 129 Å². The second kappa shape index (κ2) is 7.31. The molecule has 0 heterocycles. The molecule has 114 valence electrons. The Morgan fingerprint density at radius 3 is 2.41 bits per heavy atom. The average Bonchev–Trinajstić information content (AvgIpc) is 2.49. The van der Waals surface area contributed by atoms with Crippen LogP contribution in [0.5, 0.6) is 11.5 Å². The molecule has 3 N–H and O–H groups in total. The largest absolute Gasteiger partial charge is 0.508 e. The predicted octanol–water partition coefficient (Wildman–Crippen LogP) is 3.59. The smallest absolute Gasteiger partial charge is 0.331 e. The van der Waals surface area contributed by atoms with Gasteiger partial charge in [0.15, 0.2) is 0 Å². The van der Waals surface area contributed by atoms with Crippen LogP contribution in [-0.4, -0.2) is 21.3 Å². The van der Waals surface area contributed by atoms with E-state index < -0.39 is 5.97 Å². The van der Waals surface area contributed by atoms with E-state index in [0.29, 0.717) is 18.4 Å².